The summed E-state index contributed by atoms with van der Waals surface area (Å²) in [5.74, 6) is 0. The molecule has 0 N–H and O–H groups in total. The van der Waals surface area contributed by atoms with Crippen molar-refractivity contribution in [1.29, 1.82) is 10.5 Å². The number of benzene rings is 1. The Kier molecular flexibility index (Phi) is 5.05. The lowest BCUT2D eigenvalue weighted by molar-refractivity contribution is 0.444. The van der Waals surface area contributed by atoms with Gasteiger partial charge in [0.25, 0.3) is 0 Å². The first-order valence-corrected chi connectivity index (χ1v) is 7.29. The second-order valence-corrected chi connectivity index (χ2v) is 6.00. The van der Waals surface area contributed by atoms with Gasteiger partial charge in [0, 0.05) is 6.54 Å². The number of hydrogen-bond acceptors (Lipinski definition) is 4. The van der Waals surface area contributed by atoms with Crippen molar-refractivity contribution in [2.75, 3.05) is 13.1 Å². The van der Waals surface area contributed by atoms with Gasteiger partial charge in [-0.15, -0.1) is 0 Å². The third-order valence-corrected chi connectivity index (χ3v) is 4.65. The zero-order valence-corrected chi connectivity index (χ0v) is 11.7. The first kappa shape index (κ1) is 15.2. The number of sulfonamides is 1. The minimum Gasteiger partial charge on any atom is -0.207 e. The van der Waals surface area contributed by atoms with Crippen LogP contribution in [-0.2, 0) is 10.0 Å². The van der Waals surface area contributed by atoms with Gasteiger partial charge in [-0.1, -0.05) is 6.92 Å². The van der Waals surface area contributed by atoms with Crippen molar-refractivity contribution in [1.82, 2.24) is 4.31 Å². The van der Waals surface area contributed by atoms with E-state index in [0.29, 0.717) is 24.1 Å². The van der Waals surface area contributed by atoms with Crippen LogP contribution in [0.4, 0.5) is 0 Å². The van der Waals surface area contributed by atoms with Crippen LogP contribution in [0.5, 0.6) is 0 Å². The van der Waals surface area contributed by atoms with Gasteiger partial charge >= 0.3 is 0 Å². The summed E-state index contributed by atoms with van der Waals surface area (Å²) in [5.41, 5.74) is 0.928. The minimum atomic E-state index is -3.68. The molecule has 5 nitrogen and oxygen atoms in total. The van der Waals surface area contributed by atoms with Gasteiger partial charge in [-0.05, 0) is 37.1 Å². The van der Waals surface area contributed by atoms with Crippen LogP contribution >= 0.6 is 0 Å². The maximum atomic E-state index is 12.4. The van der Waals surface area contributed by atoms with E-state index in [1.807, 2.05) is 19.1 Å². The molecule has 0 saturated heterocycles. The molecule has 0 bridgehead atoms. The molecule has 0 fully saturated rings. The minimum absolute atomic E-state index is 0.148. The van der Waals surface area contributed by atoms with Gasteiger partial charge in [0.15, 0.2) is 0 Å². The van der Waals surface area contributed by atoms with E-state index in [4.69, 9.17) is 10.5 Å². The zero-order chi connectivity index (χ0) is 14.5. The molecule has 100 valence electrons. The van der Waals surface area contributed by atoms with E-state index in [-0.39, 0.29) is 11.4 Å². The van der Waals surface area contributed by atoms with Crippen LogP contribution in [0.1, 0.15) is 24.5 Å². The van der Waals surface area contributed by atoms with E-state index in [1.165, 1.54) is 18.2 Å². The highest BCUT2D eigenvalue weighted by Crippen LogP contribution is 2.21. The fraction of sp³-hybridized carbons (Fsp3) is 0.385. The highest BCUT2D eigenvalue weighted by Gasteiger charge is 2.25. The molecule has 0 amide bonds. The van der Waals surface area contributed by atoms with E-state index < -0.39 is 10.0 Å². The van der Waals surface area contributed by atoms with E-state index in [9.17, 15) is 8.42 Å². The van der Waals surface area contributed by atoms with E-state index in [0.717, 1.165) is 4.31 Å². The van der Waals surface area contributed by atoms with Gasteiger partial charge in [0.1, 0.15) is 6.54 Å². The molecule has 0 atom stereocenters. The second-order valence-electron chi connectivity index (χ2n) is 4.09. The number of hydrogen-bond donors (Lipinski definition) is 0. The Morgan fingerprint density at radius 3 is 2.47 bits per heavy atom. The van der Waals surface area contributed by atoms with Crippen molar-refractivity contribution < 1.29 is 8.42 Å². The van der Waals surface area contributed by atoms with Crippen LogP contribution in [0.25, 0.3) is 0 Å². The van der Waals surface area contributed by atoms with Gasteiger partial charge < -0.3 is 0 Å². The van der Waals surface area contributed by atoms with Crippen molar-refractivity contribution in [2.45, 2.75) is 25.2 Å². The number of nitrogens with zero attached hydrogens (tertiary/aromatic N) is 3. The molecular weight excluding hydrogens is 262 g/mol. The van der Waals surface area contributed by atoms with Crippen LogP contribution in [0.2, 0.25) is 0 Å². The molecule has 1 aromatic carbocycles. The fourth-order valence-corrected chi connectivity index (χ4v) is 3.39. The summed E-state index contributed by atoms with van der Waals surface area (Å²) >= 11 is 0. The number of rotatable bonds is 5. The maximum absolute atomic E-state index is 12.4. The lowest BCUT2D eigenvalue weighted by Gasteiger charge is -2.19. The van der Waals surface area contributed by atoms with Crippen LogP contribution in [0, 0.1) is 29.6 Å². The van der Waals surface area contributed by atoms with Crippen LogP contribution in [0.15, 0.2) is 23.1 Å². The van der Waals surface area contributed by atoms with Crippen LogP contribution in [0.3, 0.4) is 0 Å². The Labute approximate surface area is 113 Å². The molecule has 6 heteroatoms. The highest BCUT2D eigenvalue weighted by molar-refractivity contribution is 7.89. The predicted octanol–water partition coefficient (Wildman–Crippen LogP) is 1.79. The molecule has 0 unspecified atom stereocenters. The van der Waals surface area contributed by atoms with Crippen molar-refractivity contribution in [3.05, 3.63) is 29.3 Å². The van der Waals surface area contributed by atoms with Gasteiger partial charge in [0.05, 0.1) is 22.6 Å². The monoisotopic (exact) mass is 277 g/mol. The molecule has 19 heavy (non-hydrogen) atoms. The summed E-state index contributed by atoms with van der Waals surface area (Å²) in [6.45, 7) is 3.63. The van der Waals surface area contributed by atoms with Gasteiger partial charge in [0.2, 0.25) is 10.0 Å². The van der Waals surface area contributed by atoms with E-state index >= 15 is 0 Å². The molecule has 1 rings (SSSR count). The summed E-state index contributed by atoms with van der Waals surface area (Å²) in [4.78, 5) is 0.148. The molecule has 0 spiro atoms. The average molecular weight is 277 g/mol. The highest BCUT2D eigenvalue weighted by atomic mass is 32.2. The lowest BCUT2D eigenvalue weighted by atomic mass is 10.2. The summed E-state index contributed by atoms with van der Waals surface area (Å²) in [5, 5.41) is 17.5. The molecular formula is C13H15N3O2S. The standard InChI is InChI=1S/C13H15N3O2S/c1-3-7-16(8-6-14)19(17,18)13-5-4-12(10-15)9-11(13)2/h4-5,9H,3,7-8H2,1-2H3. The predicted molar refractivity (Wildman–Crippen MR) is 70.6 cm³/mol. The topological polar surface area (TPSA) is 85.0 Å². The largest absolute Gasteiger partial charge is 0.244 e. The van der Waals surface area contributed by atoms with Crippen LogP contribution in [-0.4, -0.2) is 25.8 Å². The van der Waals surface area contributed by atoms with E-state index in [2.05, 4.69) is 0 Å². The third kappa shape index (κ3) is 3.31. The smallest absolute Gasteiger partial charge is 0.207 e. The molecule has 0 saturated carbocycles. The third-order valence-electron chi connectivity index (χ3n) is 2.64. The van der Waals surface area contributed by atoms with Gasteiger partial charge in [-0.2, -0.15) is 14.8 Å². The van der Waals surface area contributed by atoms with Crippen molar-refractivity contribution in [2.24, 2.45) is 0 Å². The fourth-order valence-electron chi connectivity index (χ4n) is 1.76. The number of nitriles is 2. The molecule has 0 aliphatic carbocycles. The van der Waals surface area contributed by atoms with Gasteiger partial charge in [-0.3, -0.25) is 0 Å². The maximum Gasteiger partial charge on any atom is 0.244 e. The summed E-state index contributed by atoms with van der Waals surface area (Å²) < 4.78 is 26.0. The van der Waals surface area contributed by atoms with Crippen molar-refractivity contribution in [3.8, 4) is 12.1 Å². The summed E-state index contributed by atoms with van der Waals surface area (Å²) in [6, 6.07) is 8.25. The zero-order valence-electron chi connectivity index (χ0n) is 10.9. The Hall–Kier alpha value is -1.89. The Balaban J connectivity index is 3.26. The summed E-state index contributed by atoms with van der Waals surface area (Å²) in [7, 11) is -3.68. The molecule has 1 aromatic rings. The first-order valence-electron chi connectivity index (χ1n) is 5.85. The van der Waals surface area contributed by atoms with Gasteiger partial charge in [-0.25, -0.2) is 8.42 Å². The molecule has 0 aromatic heterocycles. The molecule has 0 aliphatic heterocycles. The summed E-state index contributed by atoms with van der Waals surface area (Å²) in [6.07, 6.45) is 0.635. The Morgan fingerprint density at radius 2 is 2.00 bits per heavy atom. The Morgan fingerprint density at radius 1 is 1.32 bits per heavy atom. The lowest BCUT2D eigenvalue weighted by Crippen LogP contribution is -2.32. The van der Waals surface area contributed by atoms with Crippen molar-refractivity contribution in [3.63, 3.8) is 0 Å². The normalized spacial score (nSPS) is 11.0. The van der Waals surface area contributed by atoms with Crippen LogP contribution < -0.4 is 0 Å². The SMILES string of the molecule is CCCN(CC#N)S(=O)(=O)c1ccc(C#N)cc1C. The van der Waals surface area contributed by atoms with E-state index in [1.54, 1.807) is 6.92 Å². The number of aryl methyl sites for hydroxylation is 1. The molecule has 0 heterocycles. The average Bonchev–Trinajstić information content (AvgIpc) is 2.38. The quantitative estimate of drug-likeness (QED) is 0.768. The first-order chi connectivity index (χ1) is 8.97. The second kappa shape index (κ2) is 6.33. The molecule has 0 aliphatic rings. The Bertz CT molecular complexity index is 639. The van der Waals surface area contributed by atoms with Crippen molar-refractivity contribution >= 4 is 10.0 Å². The molecule has 0 radical (unpaired) electrons.